The van der Waals surface area contributed by atoms with Gasteiger partial charge in [0.2, 0.25) is 0 Å². The summed E-state index contributed by atoms with van der Waals surface area (Å²) >= 11 is 0. The number of ketones is 1. The number of amides is 1. The molecule has 3 aromatic rings. The minimum absolute atomic E-state index is 0.0971. The van der Waals surface area contributed by atoms with Gasteiger partial charge in [0.15, 0.2) is 12.4 Å². The maximum Gasteiger partial charge on any atom is 0.259 e. The van der Waals surface area contributed by atoms with Gasteiger partial charge in [-0.3, -0.25) is 9.59 Å². The van der Waals surface area contributed by atoms with Crippen LogP contribution in [0.15, 0.2) is 72.8 Å². The van der Waals surface area contributed by atoms with Crippen molar-refractivity contribution in [2.75, 3.05) is 26.1 Å². The van der Waals surface area contributed by atoms with Crippen molar-refractivity contribution in [1.82, 2.24) is 0 Å². The molecule has 0 heterocycles. The fourth-order valence-electron chi connectivity index (χ4n) is 2.69. The summed E-state index contributed by atoms with van der Waals surface area (Å²) in [5.74, 6) is 1.21. The molecular formula is C23H21NO5. The molecule has 3 aromatic carbocycles. The van der Waals surface area contributed by atoms with Crippen molar-refractivity contribution in [1.29, 1.82) is 0 Å². The first-order valence-corrected chi connectivity index (χ1v) is 8.95. The van der Waals surface area contributed by atoms with Gasteiger partial charge in [-0.1, -0.05) is 24.3 Å². The smallest absolute Gasteiger partial charge is 0.259 e. The molecule has 1 N–H and O–H groups in total. The fourth-order valence-corrected chi connectivity index (χ4v) is 2.69. The molecule has 0 atom stereocenters. The highest BCUT2D eigenvalue weighted by Crippen LogP contribution is 2.21. The number of hydrogen-bond donors (Lipinski definition) is 1. The van der Waals surface area contributed by atoms with Crippen LogP contribution < -0.4 is 19.5 Å². The summed E-state index contributed by atoms with van der Waals surface area (Å²) in [6.45, 7) is -0.0971. The van der Waals surface area contributed by atoms with Crippen molar-refractivity contribution in [3.05, 3.63) is 83.9 Å². The maximum absolute atomic E-state index is 12.4. The Morgan fingerprint density at radius 2 is 1.59 bits per heavy atom. The molecule has 0 aromatic heterocycles. The van der Waals surface area contributed by atoms with Gasteiger partial charge in [-0.25, -0.2) is 0 Å². The van der Waals surface area contributed by atoms with Crippen LogP contribution in [-0.2, 0) is 0 Å². The number of ether oxygens (including phenoxy) is 3. The number of Topliss-reactive ketones (excluding diaryl/α,β-unsaturated/α-hetero) is 1. The lowest BCUT2D eigenvalue weighted by Gasteiger charge is -2.10. The van der Waals surface area contributed by atoms with E-state index in [1.165, 1.54) is 7.11 Å². The Bertz CT molecular complexity index is 998. The van der Waals surface area contributed by atoms with Crippen molar-refractivity contribution in [3.8, 4) is 17.2 Å². The molecule has 0 aliphatic carbocycles. The third kappa shape index (κ3) is 5.13. The van der Waals surface area contributed by atoms with Crippen LogP contribution in [0.2, 0.25) is 0 Å². The number of para-hydroxylation sites is 1. The van der Waals surface area contributed by atoms with E-state index in [0.29, 0.717) is 34.1 Å². The Morgan fingerprint density at radius 3 is 2.31 bits per heavy atom. The second-order valence-corrected chi connectivity index (χ2v) is 6.12. The highest BCUT2D eigenvalue weighted by molar-refractivity contribution is 6.06. The first-order valence-electron chi connectivity index (χ1n) is 8.95. The van der Waals surface area contributed by atoms with Crippen LogP contribution in [0.25, 0.3) is 0 Å². The Labute approximate surface area is 169 Å². The van der Waals surface area contributed by atoms with Gasteiger partial charge in [-0.05, 0) is 48.5 Å². The molecule has 6 nitrogen and oxygen atoms in total. The van der Waals surface area contributed by atoms with Crippen LogP contribution >= 0.6 is 0 Å². The molecule has 0 bridgehead atoms. The lowest BCUT2D eigenvalue weighted by Crippen LogP contribution is -2.13. The third-order valence-corrected chi connectivity index (χ3v) is 4.23. The molecular weight excluding hydrogens is 370 g/mol. The third-order valence-electron chi connectivity index (χ3n) is 4.23. The van der Waals surface area contributed by atoms with Crippen LogP contribution in [0.5, 0.6) is 17.2 Å². The highest BCUT2D eigenvalue weighted by Gasteiger charge is 2.12. The standard InChI is InChI=1S/C23H21NO5/c1-27-19-7-5-6-16(14-19)21(25)15-29-18-12-10-17(11-13-18)24-23(26)20-8-3-4-9-22(20)28-2/h3-14H,15H2,1-2H3,(H,24,26). The van der Waals surface area contributed by atoms with Gasteiger partial charge in [-0.15, -0.1) is 0 Å². The summed E-state index contributed by atoms with van der Waals surface area (Å²) in [7, 11) is 3.07. The van der Waals surface area contributed by atoms with E-state index in [-0.39, 0.29) is 18.3 Å². The van der Waals surface area contributed by atoms with Gasteiger partial charge < -0.3 is 19.5 Å². The molecule has 6 heteroatoms. The van der Waals surface area contributed by atoms with Crippen molar-refractivity contribution >= 4 is 17.4 Å². The quantitative estimate of drug-likeness (QED) is 0.582. The lowest BCUT2D eigenvalue weighted by atomic mass is 10.1. The van der Waals surface area contributed by atoms with Gasteiger partial charge in [0.25, 0.3) is 5.91 Å². The van der Waals surface area contributed by atoms with E-state index in [4.69, 9.17) is 14.2 Å². The number of rotatable bonds is 8. The van der Waals surface area contributed by atoms with Crippen LogP contribution in [0, 0.1) is 0 Å². The molecule has 0 saturated carbocycles. The molecule has 0 unspecified atom stereocenters. The molecule has 29 heavy (non-hydrogen) atoms. The molecule has 0 radical (unpaired) electrons. The average Bonchev–Trinajstić information content (AvgIpc) is 2.78. The monoisotopic (exact) mass is 391 g/mol. The van der Waals surface area contributed by atoms with Crippen LogP contribution in [0.4, 0.5) is 5.69 Å². The zero-order valence-corrected chi connectivity index (χ0v) is 16.2. The number of hydrogen-bond acceptors (Lipinski definition) is 5. The van der Waals surface area contributed by atoms with Gasteiger partial charge >= 0.3 is 0 Å². The Morgan fingerprint density at radius 1 is 0.828 bits per heavy atom. The van der Waals surface area contributed by atoms with E-state index in [9.17, 15) is 9.59 Å². The summed E-state index contributed by atoms with van der Waals surface area (Å²) in [6, 6.07) is 20.7. The number of nitrogens with one attached hydrogen (secondary N) is 1. The maximum atomic E-state index is 12.4. The Balaban J connectivity index is 1.58. The van der Waals surface area contributed by atoms with Crippen molar-refractivity contribution < 1.29 is 23.8 Å². The van der Waals surface area contributed by atoms with E-state index >= 15 is 0 Å². The number of benzene rings is 3. The summed E-state index contributed by atoms with van der Waals surface area (Å²) in [5, 5.41) is 2.81. The normalized spacial score (nSPS) is 10.1. The van der Waals surface area contributed by atoms with Gasteiger partial charge in [0.05, 0.1) is 19.8 Å². The van der Waals surface area contributed by atoms with E-state index < -0.39 is 0 Å². The SMILES string of the molecule is COc1cccc(C(=O)COc2ccc(NC(=O)c3ccccc3OC)cc2)c1. The summed E-state index contributed by atoms with van der Waals surface area (Å²) in [5.41, 5.74) is 1.57. The second-order valence-electron chi connectivity index (χ2n) is 6.12. The number of carbonyl (C=O) groups excluding carboxylic acids is 2. The molecule has 0 saturated heterocycles. The van der Waals surface area contributed by atoms with Crippen molar-refractivity contribution in [2.45, 2.75) is 0 Å². The largest absolute Gasteiger partial charge is 0.497 e. The van der Waals surface area contributed by atoms with Gasteiger partial charge in [0, 0.05) is 11.3 Å². The van der Waals surface area contributed by atoms with Gasteiger partial charge in [0.1, 0.15) is 17.2 Å². The molecule has 1 amide bonds. The number of methoxy groups -OCH3 is 2. The summed E-state index contributed by atoms with van der Waals surface area (Å²) in [6.07, 6.45) is 0. The minimum Gasteiger partial charge on any atom is -0.497 e. The number of carbonyl (C=O) groups is 2. The lowest BCUT2D eigenvalue weighted by molar-refractivity contribution is 0.0921. The summed E-state index contributed by atoms with van der Waals surface area (Å²) in [4.78, 5) is 24.7. The highest BCUT2D eigenvalue weighted by atomic mass is 16.5. The van der Waals surface area contributed by atoms with Crippen molar-refractivity contribution in [3.63, 3.8) is 0 Å². The molecule has 0 aliphatic rings. The average molecular weight is 391 g/mol. The van der Waals surface area contributed by atoms with E-state index in [1.807, 2.05) is 0 Å². The predicted molar refractivity (Wildman–Crippen MR) is 110 cm³/mol. The van der Waals surface area contributed by atoms with Crippen molar-refractivity contribution in [2.24, 2.45) is 0 Å². The zero-order valence-electron chi connectivity index (χ0n) is 16.2. The first-order chi connectivity index (χ1) is 14.1. The molecule has 0 aliphatic heterocycles. The molecule has 3 rings (SSSR count). The van der Waals surface area contributed by atoms with Crippen LogP contribution in [0.3, 0.4) is 0 Å². The topological polar surface area (TPSA) is 73.9 Å². The van der Waals surface area contributed by atoms with Gasteiger partial charge in [-0.2, -0.15) is 0 Å². The molecule has 0 spiro atoms. The van der Waals surface area contributed by atoms with Crippen LogP contribution in [-0.4, -0.2) is 32.5 Å². The first kappa shape index (κ1) is 19.9. The minimum atomic E-state index is -0.274. The fraction of sp³-hybridized carbons (Fsp3) is 0.130. The Hall–Kier alpha value is -3.80. The van der Waals surface area contributed by atoms with E-state index in [2.05, 4.69) is 5.32 Å². The Kier molecular flexibility index (Phi) is 6.47. The molecule has 0 fully saturated rings. The van der Waals surface area contributed by atoms with E-state index in [0.717, 1.165) is 0 Å². The molecule has 148 valence electrons. The second kappa shape index (κ2) is 9.41. The zero-order chi connectivity index (χ0) is 20.6. The summed E-state index contributed by atoms with van der Waals surface area (Å²) < 4.78 is 15.9. The number of anilines is 1. The predicted octanol–water partition coefficient (Wildman–Crippen LogP) is 4.22. The van der Waals surface area contributed by atoms with E-state index in [1.54, 1.807) is 79.9 Å². The van der Waals surface area contributed by atoms with Crippen LogP contribution in [0.1, 0.15) is 20.7 Å².